The number of nitrogen functional groups attached to an aromatic ring is 1. The molecule has 0 aliphatic carbocycles. The molecule has 0 fully saturated rings. The molecule has 0 saturated heterocycles. The maximum atomic E-state index is 10.3. The van der Waals surface area contributed by atoms with E-state index >= 15 is 0 Å². The first-order valence-corrected chi connectivity index (χ1v) is 6.17. The van der Waals surface area contributed by atoms with Crippen LogP contribution in [0.3, 0.4) is 0 Å². The van der Waals surface area contributed by atoms with Gasteiger partial charge in [-0.3, -0.25) is 4.79 Å². The molecule has 0 amide bonds. The number of aromatic nitrogens is 2. The molecule has 0 aliphatic heterocycles. The summed E-state index contributed by atoms with van der Waals surface area (Å²) in [7, 11) is 1.72. The van der Waals surface area contributed by atoms with Gasteiger partial charge in [-0.05, 0) is 12.1 Å². The third-order valence-electron chi connectivity index (χ3n) is 2.24. The third-order valence-corrected chi connectivity index (χ3v) is 2.97. The van der Waals surface area contributed by atoms with Crippen LogP contribution in [0.2, 0.25) is 0 Å². The average Bonchev–Trinajstić information content (AvgIpc) is 2.83. The molecule has 1 aromatic carbocycles. The first-order valence-electron chi connectivity index (χ1n) is 5.35. The fraction of sp³-hybridized carbons (Fsp3) is 0.182. The molecule has 2 aromatic rings. The number of ether oxygens (including phenoxy) is 2. The van der Waals surface area contributed by atoms with Crippen molar-refractivity contribution in [3.05, 3.63) is 23.2 Å². The molecule has 100 valence electrons. The monoisotopic (exact) mass is 280 g/mol. The van der Waals surface area contributed by atoms with Crippen LogP contribution in [0.15, 0.2) is 18.2 Å². The summed E-state index contributed by atoms with van der Waals surface area (Å²) in [6, 6.07) is 5.07. The maximum Gasteiger partial charge on any atom is 0.298 e. The number of carbonyl (C=O) groups is 1. The van der Waals surface area contributed by atoms with E-state index in [9.17, 15) is 4.79 Å². The number of benzene rings is 1. The number of nitrogens with two attached hydrogens (primary N) is 1. The molecule has 2 rings (SSSR count). The van der Waals surface area contributed by atoms with Gasteiger partial charge in [0.25, 0.3) is 6.47 Å². The van der Waals surface area contributed by atoms with Crippen LogP contribution in [0.25, 0.3) is 0 Å². The fourth-order valence-corrected chi connectivity index (χ4v) is 1.94. The standard InChI is InChI=1S/C11H12N4O3S/c1-13-8-4-7(2-3-9(8)18-6-16)17-5-10-14-15-11(12)19-10/h2-4,6,13H,5H2,1H3,(H2,12,15). The lowest BCUT2D eigenvalue weighted by Gasteiger charge is -2.09. The van der Waals surface area contributed by atoms with E-state index in [1.807, 2.05) is 0 Å². The zero-order valence-corrected chi connectivity index (χ0v) is 10.9. The largest absolute Gasteiger partial charge is 0.486 e. The second-order valence-corrected chi connectivity index (χ2v) is 4.54. The first-order chi connectivity index (χ1) is 9.22. The lowest BCUT2D eigenvalue weighted by atomic mass is 10.2. The third kappa shape index (κ3) is 3.32. The Hall–Kier alpha value is -2.35. The van der Waals surface area contributed by atoms with E-state index in [0.29, 0.717) is 33.8 Å². The highest BCUT2D eigenvalue weighted by Gasteiger charge is 2.06. The fourth-order valence-electron chi connectivity index (χ4n) is 1.42. The van der Waals surface area contributed by atoms with Crippen molar-refractivity contribution in [1.82, 2.24) is 10.2 Å². The molecule has 8 heteroatoms. The van der Waals surface area contributed by atoms with Gasteiger partial charge in [0.15, 0.2) is 10.8 Å². The van der Waals surface area contributed by atoms with Gasteiger partial charge in [0, 0.05) is 13.1 Å². The second kappa shape index (κ2) is 6.01. The van der Waals surface area contributed by atoms with Crippen molar-refractivity contribution >= 4 is 28.6 Å². The predicted octanol–water partition coefficient (Wildman–Crippen LogP) is 1.28. The zero-order chi connectivity index (χ0) is 13.7. The quantitative estimate of drug-likeness (QED) is 0.769. The topological polar surface area (TPSA) is 99.4 Å². The Labute approximate surface area is 113 Å². The summed E-state index contributed by atoms with van der Waals surface area (Å²) < 4.78 is 10.4. The molecule has 3 N–H and O–H groups in total. The Morgan fingerprint density at radius 3 is 2.95 bits per heavy atom. The molecule has 0 unspecified atom stereocenters. The van der Waals surface area contributed by atoms with Crippen LogP contribution >= 0.6 is 11.3 Å². The molecular weight excluding hydrogens is 268 g/mol. The van der Waals surface area contributed by atoms with Gasteiger partial charge >= 0.3 is 0 Å². The number of hydrogen-bond donors (Lipinski definition) is 2. The number of carbonyl (C=O) groups excluding carboxylic acids is 1. The van der Waals surface area contributed by atoms with Gasteiger partial charge in [0.2, 0.25) is 5.13 Å². The van der Waals surface area contributed by atoms with Crippen LogP contribution in [0.1, 0.15) is 5.01 Å². The molecule has 7 nitrogen and oxygen atoms in total. The molecule has 1 heterocycles. The summed E-state index contributed by atoms with van der Waals surface area (Å²) in [4.78, 5) is 10.3. The minimum Gasteiger partial charge on any atom is -0.486 e. The van der Waals surface area contributed by atoms with Gasteiger partial charge in [0.1, 0.15) is 12.4 Å². The summed E-state index contributed by atoms with van der Waals surface area (Å²) in [5.74, 6) is 1.06. The average molecular weight is 280 g/mol. The van der Waals surface area contributed by atoms with Crippen molar-refractivity contribution in [2.75, 3.05) is 18.1 Å². The Bertz CT molecular complexity index is 573. The van der Waals surface area contributed by atoms with Crippen molar-refractivity contribution in [3.8, 4) is 11.5 Å². The highest BCUT2D eigenvalue weighted by Crippen LogP contribution is 2.29. The number of rotatable bonds is 6. The Kier molecular flexibility index (Phi) is 4.14. The van der Waals surface area contributed by atoms with Gasteiger partial charge in [-0.15, -0.1) is 10.2 Å². The Morgan fingerprint density at radius 1 is 1.47 bits per heavy atom. The zero-order valence-electron chi connectivity index (χ0n) is 10.1. The van der Waals surface area contributed by atoms with Gasteiger partial charge in [-0.25, -0.2) is 0 Å². The van der Waals surface area contributed by atoms with E-state index in [2.05, 4.69) is 15.5 Å². The minimum absolute atomic E-state index is 0.284. The summed E-state index contributed by atoms with van der Waals surface area (Å²) in [6.45, 7) is 0.659. The normalized spacial score (nSPS) is 9.95. The number of anilines is 2. The van der Waals surface area contributed by atoms with Crippen molar-refractivity contribution in [2.45, 2.75) is 6.61 Å². The molecule has 0 aliphatic rings. The Balaban J connectivity index is 2.06. The van der Waals surface area contributed by atoms with Gasteiger partial charge < -0.3 is 20.5 Å². The smallest absolute Gasteiger partial charge is 0.298 e. The summed E-state index contributed by atoms with van der Waals surface area (Å²) >= 11 is 1.27. The molecule has 0 saturated carbocycles. The minimum atomic E-state index is 0.284. The summed E-state index contributed by atoms with van der Waals surface area (Å²) in [5.41, 5.74) is 6.13. The first kappa shape index (κ1) is 13.1. The number of hydrogen-bond acceptors (Lipinski definition) is 8. The molecule has 0 atom stereocenters. The van der Waals surface area contributed by atoms with Crippen LogP contribution < -0.4 is 20.5 Å². The van der Waals surface area contributed by atoms with E-state index in [1.54, 1.807) is 25.2 Å². The van der Waals surface area contributed by atoms with Gasteiger partial charge in [0.05, 0.1) is 5.69 Å². The van der Waals surface area contributed by atoms with Gasteiger partial charge in [-0.2, -0.15) is 0 Å². The molecule has 0 spiro atoms. The van der Waals surface area contributed by atoms with Crippen LogP contribution in [-0.4, -0.2) is 23.7 Å². The molecule has 1 aromatic heterocycles. The number of nitrogens with one attached hydrogen (secondary N) is 1. The SMILES string of the molecule is CNc1cc(OCc2nnc(N)s2)ccc1OC=O. The maximum absolute atomic E-state index is 10.3. The molecule has 0 radical (unpaired) electrons. The van der Waals surface area contributed by atoms with Crippen LogP contribution in [0.4, 0.5) is 10.8 Å². The van der Waals surface area contributed by atoms with Crippen molar-refractivity contribution < 1.29 is 14.3 Å². The lowest BCUT2D eigenvalue weighted by molar-refractivity contribution is -0.120. The summed E-state index contributed by atoms with van der Waals surface area (Å²) in [5, 5.41) is 11.6. The predicted molar refractivity (Wildman–Crippen MR) is 71.3 cm³/mol. The highest BCUT2D eigenvalue weighted by atomic mass is 32.1. The van der Waals surface area contributed by atoms with E-state index < -0.39 is 0 Å². The van der Waals surface area contributed by atoms with Crippen molar-refractivity contribution in [3.63, 3.8) is 0 Å². The second-order valence-electron chi connectivity index (χ2n) is 3.44. The Morgan fingerprint density at radius 2 is 2.32 bits per heavy atom. The van der Waals surface area contributed by atoms with Gasteiger partial charge in [-0.1, -0.05) is 11.3 Å². The van der Waals surface area contributed by atoms with Crippen LogP contribution in [-0.2, 0) is 11.4 Å². The summed E-state index contributed by atoms with van der Waals surface area (Å²) in [6.07, 6.45) is 0. The molecular formula is C11H12N4O3S. The number of nitrogens with zero attached hydrogens (tertiary/aromatic N) is 2. The molecule has 19 heavy (non-hydrogen) atoms. The van der Waals surface area contributed by atoms with E-state index in [1.165, 1.54) is 11.3 Å². The van der Waals surface area contributed by atoms with E-state index in [4.69, 9.17) is 15.2 Å². The van der Waals surface area contributed by atoms with Crippen molar-refractivity contribution in [2.24, 2.45) is 0 Å². The lowest BCUT2D eigenvalue weighted by Crippen LogP contribution is -1.99. The van der Waals surface area contributed by atoms with Crippen LogP contribution in [0, 0.1) is 0 Å². The van der Waals surface area contributed by atoms with Crippen molar-refractivity contribution in [1.29, 1.82) is 0 Å². The highest BCUT2D eigenvalue weighted by molar-refractivity contribution is 7.15. The van der Waals surface area contributed by atoms with E-state index in [0.717, 1.165) is 0 Å². The van der Waals surface area contributed by atoms with Crippen LogP contribution in [0.5, 0.6) is 11.5 Å². The van der Waals surface area contributed by atoms with E-state index in [-0.39, 0.29) is 6.61 Å². The molecule has 0 bridgehead atoms.